The largest absolute Gasteiger partial charge is 0.392 e. The predicted molar refractivity (Wildman–Crippen MR) is 76.6 cm³/mol. The molecule has 0 heterocycles. The van der Waals surface area contributed by atoms with E-state index in [0.29, 0.717) is 11.8 Å². The van der Waals surface area contributed by atoms with Crippen molar-refractivity contribution in [1.82, 2.24) is 0 Å². The molecule has 1 aromatic rings. The first-order chi connectivity index (χ1) is 8.72. The highest BCUT2D eigenvalue weighted by molar-refractivity contribution is 5.20. The highest BCUT2D eigenvalue weighted by Crippen LogP contribution is 2.36. The number of benzene rings is 1. The van der Waals surface area contributed by atoms with Gasteiger partial charge in [0.1, 0.15) is 0 Å². The first-order valence-electron chi connectivity index (χ1n) is 7.45. The summed E-state index contributed by atoms with van der Waals surface area (Å²) in [5.41, 5.74) is 1.30. The van der Waals surface area contributed by atoms with Gasteiger partial charge in [0.25, 0.3) is 0 Å². The fraction of sp³-hybridized carbons (Fsp3) is 0.647. The molecule has 1 aromatic carbocycles. The van der Waals surface area contributed by atoms with E-state index in [1.165, 1.54) is 31.2 Å². The zero-order valence-corrected chi connectivity index (χ0v) is 11.7. The van der Waals surface area contributed by atoms with Crippen molar-refractivity contribution in [2.24, 2.45) is 11.8 Å². The summed E-state index contributed by atoms with van der Waals surface area (Å²) >= 11 is 0. The van der Waals surface area contributed by atoms with E-state index in [1.54, 1.807) is 0 Å². The summed E-state index contributed by atoms with van der Waals surface area (Å²) < 4.78 is 0. The van der Waals surface area contributed by atoms with E-state index < -0.39 is 0 Å². The molecule has 1 N–H and O–H groups in total. The third kappa shape index (κ3) is 3.14. The number of aliphatic hydroxyl groups excluding tert-OH is 1. The van der Waals surface area contributed by atoms with Gasteiger partial charge in [-0.05, 0) is 36.7 Å². The van der Waals surface area contributed by atoms with Crippen LogP contribution < -0.4 is 0 Å². The Hall–Kier alpha value is -0.820. The third-order valence-corrected chi connectivity index (χ3v) is 4.62. The van der Waals surface area contributed by atoms with Gasteiger partial charge in [-0.15, -0.1) is 0 Å². The van der Waals surface area contributed by atoms with Crippen molar-refractivity contribution in [1.29, 1.82) is 0 Å². The van der Waals surface area contributed by atoms with E-state index in [4.69, 9.17) is 0 Å². The van der Waals surface area contributed by atoms with Gasteiger partial charge in [-0.1, -0.05) is 57.0 Å². The summed E-state index contributed by atoms with van der Waals surface area (Å²) in [7, 11) is 0. The summed E-state index contributed by atoms with van der Waals surface area (Å²) in [5, 5.41) is 10.7. The third-order valence-electron chi connectivity index (χ3n) is 4.62. The first-order valence-corrected chi connectivity index (χ1v) is 7.45. The summed E-state index contributed by atoms with van der Waals surface area (Å²) in [6, 6.07) is 10.5. The fourth-order valence-corrected chi connectivity index (χ4v) is 3.33. The highest BCUT2D eigenvalue weighted by atomic mass is 16.3. The van der Waals surface area contributed by atoms with E-state index in [9.17, 15) is 5.11 Å². The quantitative estimate of drug-likeness (QED) is 0.836. The fourth-order valence-electron chi connectivity index (χ4n) is 3.33. The molecule has 0 bridgehead atoms. The van der Waals surface area contributed by atoms with Gasteiger partial charge in [-0.2, -0.15) is 0 Å². The van der Waals surface area contributed by atoms with Gasteiger partial charge < -0.3 is 5.11 Å². The van der Waals surface area contributed by atoms with Crippen LogP contribution in [-0.4, -0.2) is 11.2 Å². The van der Waals surface area contributed by atoms with Crippen LogP contribution in [0, 0.1) is 11.8 Å². The van der Waals surface area contributed by atoms with Gasteiger partial charge in [0.05, 0.1) is 6.10 Å². The Balaban J connectivity index is 2.04. The lowest BCUT2D eigenvalue weighted by molar-refractivity contribution is 0.0515. The second kappa shape index (κ2) is 6.38. The summed E-state index contributed by atoms with van der Waals surface area (Å²) in [6.45, 7) is 4.52. The molecular weight excluding hydrogens is 220 g/mol. The Morgan fingerprint density at radius 2 is 1.72 bits per heavy atom. The normalized spacial score (nSPS) is 27.7. The van der Waals surface area contributed by atoms with Crippen molar-refractivity contribution in [3.05, 3.63) is 35.9 Å². The molecule has 0 aromatic heterocycles. The first kappa shape index (κ1) is 13.6. The Morgan fingerprint density at radius 1 is 1.11 bits per heavy atom. The summed E-state index contributed by atoms with van der Waals surface area (Å²) in [6.07, 6.45) is 5.83. The van der Waals surface area contributed by atoms with E-state index in [2.05, 4.69) is 38.1 Å². The van der Waals surface area contributed by atoms with Crippen LogP contribution in [0.5, 0.6) is 0 Å². The molecule has 0 amide bonds. The Labute approximate surface area is 111 Å². The van der Waals surface area contributed by atoms with E-state index >= 15 is 0 Å². The molecule has 1 aliphatic carbocycles. The van der Waals surface area contributed by atoms with Crippen LogP contribution >= 0.6 is 0 Å². The molecule has 1 saturated carbocycles. The Kier molecular flexibility index (Phi) is 4.82. The van der Waals surface area contributed by atoms with Gasteiger partial charge in [0.15, 0.2) is 0 Å². The number of aliphatic hydroxyl groups is 1. The average Bonchev–Trinajstić information content (AvgIpc) is 2.41. The SMILES string of the molecule is CCC(c1ccccc1)C(O)C1CCC(C)CC1. The number of rotatable bonds is 4. The molecule has 18 heavy (non-hydrogen) atoms. The topological polar surface area (TPSA) is 20.2 Å². The average molecular weight is 246 g/mol. The van der Waals surface area contributed by atoms with Crippen LogP contribution in [-0.2, 0) is 0 Å². The molecule has 100 valence electrons. The minimum absolute atomic E-state index is 0.162. The van der Waals surface area contributed by atoms with Crippen molar-refractivity contribution in [2.45, 2.75) is 58.0 Å². The second-order valence-electron chi connectivity index (χ2n) is 5.94. The molecular formula is C17H26O. The lowest BCUT2D eigenvalue weighted by atomic mass is 9.75. The number of hydrogen-bond donors (Lipinski definition) is 1. The van der Waals surface area contributed by atoms with E-state index in [0.717, 1.165) is 12.3 Å². The standard InChI is InChI=1S/C17H26O/c1-3-16(14-7-5-4-6-8-14)17(18)15-11-9-13(2)10-12-15/h4-8,13,15-18H,3,9-12H2,1-2H3. The minimum atomic E-state index is -0.162. The Morgan fingerprint density at radius 3 is 2.28 bits per heavy atom. The van der Waals surface area contributed by atoms with Crippen LogP contribution in [0.3, 0.4) is 0 Å². The maximum Gasteiger partial charge on any atom is 0.0636 e. The van der Waals surface area contributed by atoms with Crippen LogP contribution in [0.1, 0.15) is 57.4 Å². The van der Waals surface area contributed by atoms with E-state index in [1.807, 2.05) is 6.07 Å². The summed E-state index contributed by atoms with van der Waals surface area (Å²) in [4.78, 5) is 0. The molecule has 0 saturated heterocycles. The Bertz CT molecular complexity index is 338. The van der Waals surface area contributed by atoms with E-state index in [-0.39, 0.29) is 6.10 Å². The smallest absolute Gasteiger partial charge is 0.0636 e. The van der Waals surface area contributed by atoms with Crippen LogP contribution in [0.25, 0.3) is 0 Å². The van der Waals surface area contributed by atoms with Crippen molar-refractivity contribution in [2.75, 3.05) is 0 Å². The lowest BCUT2D eigenvalue weighted by Crippen LogP contribution is -2.30. The maximum atomic E-state index is 10.7. The van der Waals surface area contributed by atoms with Gasteiger partial charge in [-0.25, -0.2) is 0 Å². The molecule has 0 radical (unpaired) electrons. The molecule has 2 atom stereocenters. The van der Waals surface area contributed by atoms with Crippen molar-refractivity contribution in [3.8, 4) is 0 Å². The van der Waals surface area contributed by atoms with Gasteiger partial charge in [-0.3, -0.25) is 0 Å². The number of hydrogen-bond acceptors (Lipinski definition) is 1. The van der Waals surface area contributed by atoms with Crippen LogP contribution in [0.4, 0.5) is 0 Å². The minimum Gasteiger partial charge on any atom is -0.392 e. The predicted octanol–water partition coefficient (Wildman–Crippen LogP) is 4.37. The zero-order chi connectivity index (χ0) is 13.0. The van der Waals surface area contributed by atoms with Crippen LogP contribution in [0.15, 0.2) is 30.3 Å². The second-order valence-corrected chi connectivity index (χ2v) is 5.94. The highest BCUT2D eigenvalue weighted by Gasteiger charge is 2.30. The van der Waals surface area contributed by atoms with Crippen LogP contribution in [0.2, 0.25) is 0 Å². The van der Waals surface area contributed by atoms with Gasteiger partial charge in [0, 0.05) is 5.92 Å². The molecule has 2 rings (SSSR count). The zero-order valence-electron chi connectivity index (χ0n) is 11.7. The summed E-state index contributed by atoms with van der Waals surface area (Å²) in [5.74, 6) is 1.67. The maximum absolute atomic E-state index is 10.7. The van der Waals surface area contributed by atoms with Gasteiger partial charge in [0.2, 0.25) is 0 Å². The molecule has 0 spiro atoms. The van der Waals surface area contributed by atoms with Crippen molar-refractivity contribution >= 4 is 0 Å². The van der Waals surface area contributed by atoms with Gasteiger partial charge >= 0.3 is 0 Å². The van der Waals surface area contributed by atoms with Crippen molar-refractivity contribution in [3.63, 3.8) is 0 Å². The molecule has 0 aliphatic heterocycles. The monoisotopic (exact) mass is 246 g/mol. The molecule has 1 nitrogen and oxygen atoms in total. The van der Waals surface area contributed by atoms with Crippen molar-refractivity contribution < 1.29 is 5.11 Å². The lowest BCUT2D eigenvalue weighted by Gasteiger charge is -2.34. The molecule has 1 fully saturated rings. The molecule has 1 heteroatoms. The molecule has 2 unspecified atom stereocenters. The molecule has 1 aliphatic rings.